The van der Waals surface area contributed by atoms with Gasteiger partial charge in [-0.15, -0.1) is 0 Å². The normalized spacial score (nSPS) is 15.2. The molecule has 48 heavy (non-hydrogen) atoms. The molecule has 12 nitrogen and oxygen atoms in total. The molecule has 9 rings (SSSR count). The van der Waals surface area contributed by atoms with Gasteiger partial charge in [0.2, 0.25) is 0 Å². The maximum Gasteiger partial charge on any atom is 0.0943 e. The second-order valence-corrected chi connectivity index (χ2v) is 11.9. The number of nitrogens with zero attached hydrogens (tertiary/aromatic N) is 12. The van der Waals surface area contributed by atoms with E-state index in [1.54, 1.807) is 0 Å². The molecule has 6 aliphatic heterocycles. The molecule has 248 valence electrons. The van der Waals surface area contributed by atoms with Gasteiger partial charge < -0.3 is 0 Å². The molecule has 6 aliphatic rings. The van der Waals surface area contributed by atoms with Crippen LogP contribution in [0.4, 0.5) is 34.1 Å². The van der Waals surface area contributed by atoms with Crippen LogP contribution in [0.1, 0.15) is 108 Å². The summed E-state index contributed by atoms with van der Waals surface area (Å²) < 4.78 is 0. The second-order valence-electron chi connectivity index (χ2n) is 11.9. The monoisotopic (exact) mass is 644 g/mol. The lowest BCUT2D eigenvalue weighted by Gasteiger charge is -2.13. The molecular weight excluding hydrogens is 600 g/mol. The minimum atomic E-state index is 0.699. The van der Waals surface area contributed by atoms with Crippen LogP contribution >= 0.6 is 0 Å². The molecule has 3 aromatic carbocycles. The van der Waals surface area contributed by atoms with E-state index in [-0.39, 0.29) is 0 Å². The molecule has 0 saturated carbocycles. The van der Waals surface area contributed by atoms with Crippen LogP contribution in [0, 0.1) is 13.8 Å². The summed E-state index contributed by atoms with van der Waals surface area (Å²) in [5.41, 5.74) is 21.7. The molecule has 0 aliphatic carbocycles. The van der Waals surface area contributed by atoms with Gasteiger partial charge in [-0.1, -0.05) is 41.5 Å². The molecule has 0 amide bonds. The van der Waals surface area contributed by atoms with Crippen molar-refractivity contribution in [3.05, 3.63) is 66.8 Å². The van der Waals surface area contributed by atoms with Crippen molar-refractivity contribution in [2.24, 2.45) is 61.4 Å². The fraction of sp³-hybridized carbons (Fsp3) is 0.500. The Bertz CT molecular complexity index is 1730. The molecule has 0 fully saturated rings. The van der Waals surface area contributed by atoms with Crippen LogP contribution in [-0.2, 0) is 65.0 Å². The Morgan fingerprint density at radius 3 is 0.771 bits per heavy atom. The zero-order valence-corrected chi connectivity index (χ0v) is 29.4. The van der Waals surface area contributed by atoms with Gasteiger partial charge in [0.1, 0.15) is 0 Å². The molecule has 0 spiro atoms. The van der Waals surface area contributed by atoms with Crippen LogP contribution in [0.25, 0.3) is 0 Å². The number of rotatable bonds is 4. The zero-order chi connectivity index (χ0) is 33.9. The number of benzene rings is 3. The largest absolute Gasteiger partial charge is 0.184 e. The first kappa shape index (κ1) is 33.2. The van der Waals surface area contributed by atoms with Crippen LogP contribution in [0.3, 0.4) is 0 Å². The van der Waals surface area contributed by atoms with Gasteiger partial charge in [0.25, 0.3) is 0 Å². The van der Waals surface area contributed by atoms with E-state index in [1.165, 1.54) is 66.8 Å². The fourth-order valence-corrected chi connectivity index (χ4v) is 7.37. The van der Waals surface area contributed by atoms with Crippen molar-refractivity contribution in [1.82, 2.24) is 0 Å². The number of azo groups is 6. The van der Waals surface area contributed by atoms with Crippen molar-refractivity contribution in [1.29, 1.82) is 0 Å². The Morgan fingerprint density at radius 1 is 0.333 bits per heavy atom. The van der Waals surface area contributed by atoms with Crippen LogP contribution in [-0.4, -0.2) is 0 Å². The summed E-state index contributed by atoms with van der Waals surface area (Å²) in [7, 11) is 0. The third-order valence-corrected chi connectivity index (χ3v) is 9.74. The van der Waals surface area contributed by atoms with Crippen molar-refractivity contribution in [3.63, 3.8) is 0 Å². The summed E-state index contributed by atoms with van der Waals surface area (Å²) in [6.45, 7) is 21.1. The van der Waals surface area contributed by atoms with E-state index in [0.717, 1.165) is 59.8 Å². The summed E-state index contributed by atoms with van der Waals surface area (Å²) in [4.78, 5) is 0. The number of hydrogen-bond acceptors (Lipinski definition) is 12. The summed E-state index contributed by atoms with van der Waals surface area (Å²) in [6.07, 6.45) is 3.94. The molecule has 0 aromatic heterocycles. The highest BCUT2D eigenvalue weighted by molar-refractivity contribution is 5.74. The topological polar surface area (TPSA) is 148 Å². The molecule has 6 heterocycles. The average Bonchev–Trinajstić information content (AvgIpc) is 3.95. The van der Waals surface area contributed by atoms with Crippen LogP contribution in [0.2, 0.25) is 0 Å². The van der Waals surface area contributed by atoms with Crippen molar-refractivity contribution in [3.8, 4) is 0 Å². The number of fused-ring (bicyclic) bond motifs is 6. The predicted molar refractivity (Wildman–Crippen MR) is 187 cm³/mol. The molecular formula is C36H44N12. The van der Waals surface area contributed by atoms with Gasteiger partial charge in [0.15, 0.2) is 0 Å². The quantitative estimate of drug-likeness (QED) is 0.266. The molecule has 0 unspecified atom stereocenters. The number of hydrogen-bond donors (Lipinski definition) is 0. The SMILES string of the molecule is CC.CCc1c2c(c(CC)c3c1N=NC3)N=NC2.CCc1c2c(c(CC)c3c1N=NC3)N=NC2.Cc1c2c(c(C)c3c1N=NC3)N=NC2. The van der Waals surface area contributed by atoms with E-state index < -0.39 is 0 Å². The van der Waals surface area contributed by atoms with Gasteiger partial charge in [-0.25, -0.2) is 0 Å². The molecule has 0 N–H and O–H groups in total. The second kappa shape index (κ2) is 14.2. The van der Waals surface area contributed by atoms with Gasteiger partial charge in [0.05, 0.1) is 73.4 Å². The van der Waals surface area contributed by atoms with E-state index in [9.17, 15) is 0 Å². The molecule has 0 radical (unpaired) electrons. The van der Waals surface area contributed by atoms with Crippen LogP contribution in [0.5, 0.6) is 0 Å². The highest BCUT2D eigenvalue weighted by Crippen LogP contribution is 2.47. The summed E-state index contributed by atoms with van der Waals surface area (Å²) in [6, 6.07) is 0. The molecule has 0 bridgehead atoms. The van der Waals surface area contributed by atoms with E-state index in [1.807, 2.05) is 13.8 Å². The van der Waals surface area contributed by atoms with Gasteiger partial charge in [0, 0.05) is 33.4 Å². The summed E-state index contributed by atoms with van der Waals surface area (Å²) in [5, 5.41) is 50.3. The Kier molecular flexibility index (Phi) is 9.79. The molecule has 12 heteroatoms. The van der Waals surface area contributed by atoms with Gasteiger partial charge in [-0.05, 0) is 72.9 Å². The van der Waals surface area contributed by atoms with Gasteiger partial charge in [-0.3, -0.25) is 0 Å². The van der Waals surface area contributed by atoms with E-state index in [4.69, 9.17) is 0 Å². The van der Waals surface area contributed by atoms with Crippen LogP contribution in [0.15, 0.2) is 61.4 Å². The third kappa shape index (κ3) is 5.40. The summed E-state index contributed by atoms with van der Waals surface area (Å²) in [5.74, 6) is 0. The average molecular weight is 645 g/mol. The van der Waals surface area contributed by atoms with Crippen molar-refractivity contribution in [2.45, 2.75) is 120 Å². The van der Waals surface area contributed by atoms with E-state index >= 15 is 0 Å². The summed E-state index contributed by atoms with van der Waals surface area (Å²) >= 11 is 0. The third-order valence-electron chi connectivity index (χ3n) is 9.74. The smallest absolute Gasteiger partial charge is 0.0943 e. The van der Waals surface area contributed by atoms with Crippen molar-refractivity contribution < 1.29 is 0 Å². The Hall–Kier alpha value is -4.74. The van der Waals surface area contributed by atoms with Crippen LogP contribution < -0.4 is 0 Å². The minimum Gasteiger partial charge on any atom is -0.184 e. The molecule has 0 atom stereocenters. The lowest BCUT2D eigenvalue weighted by atomic mass is 9.91. The van der Waals surface area contributed by atoms with Crippen molar-refractivity contribution in [2.75, 3.05) is 0 Å². The fourth-order valence-electron chi connectivity index (χ4n) is 7.37. The maximum atomic E-state index is 4.30. The lowest BCUT2D eigenvalue weighted by Crippen LogP contribution is -1.98. The zero-order valence-electron chi connectivity index (χ0n) is 29.4. The van der Waals surface area contributed by atoms with E-state index in [0.29, 0.717) is 39.3 Å². The lowest BCUT2D eigenvalue weighted by molar-refractivity contribution is 1.00. The first-order chi connectivity index (χ1) is 23.5. The van der Waals surface area contributed by atoms with Gasteiger partial charge >= 0.3 is 0 Å². The molecule has 0 saturated heterocycles. The first-order valence-electron chi connectivity index (χ1n) is 17.3. The van der Waals surface area contributed by atoms with E-state index in [2.05, 4.69) is 103 Å². The molecule has 3 aromatic rings. The van der Waals surface area contributed by atoms with Crippen molar-refractivity contribution >= 4 is 34.1 Å². The highest BCUT2D eigenvalue weighted by atomic mass is 15.2. The Morgan fingerprint density at radius 2 is 0.542 bits per heavy atom. The predicted octanol–water partition coefficient (Wildman–Crippen LogP) is 12.5. The minimum absolute atomic E-state index is 0.699. The Balaban J connectivity index is 0.000000122. The van der Waals surface area contributed by atoms with Gasteiger partial charge in [-0.2, -0.15) is 61.4 Å². The standard InChI is InChI=1S/2C12H14N4.C10H10N4.C2H6/c2*1-3-7-9-5-13-16-12(9)8(4-2)10-6-14-15-11(7)10;1-5-7-3-11-14-10(7)6(2)8-4-12-13-9(5)8;1-2/h2*3-6H2,1-2H3;3-4H2,1-2H3;1-2H3. The Labute approximate surface area is 282 Å². The highest BCUT2D eigenvalue weighted by Gasteiger charge is 2.28. The first-order valence-corrected chi connectivity index (χ1v) is 17.3. The maximum absolute atomic E-state index is 4.30.